The number of aliphatic hydroxyl groups excluding tert-OH is 2. The molecule has 1 saturated heterocycles. The number of nitrogens with one attached hydrogen (secondary N) is 1. The highest BCUT2D eigenvalue weighted by Gasteiger charge is 2.24. The van der Waals surface area contributed by atoms with E-state index >= 15 is 0 Å². The van der Waals surface area contributed by atoms with Crippen molar-refractivity contribution in [3.05, 3.63) is 5.92 Å². The van der Waals surface area contributed by atoms with E-state index in [0.717, 1.165) is 19.4 Å². The fraction of sp³-hybridized carbons (Fsp3) is 0.923. The van der Waals surface area contributed by atoms with Crippen LogP contribution in [0.15, 0.2) is 0 Å². The normalized spacial score (nSPS) is 19.8. The van der Waals surface area contributed by atoms with Gasteiger partial charge in [0.2, 0.25) is 0 Å². The van der Waals surface area contributed by atoms with Gasteiger partial charge >= 0.3 is 0 Å². The molecule has 0 aromatic rings. The summed E-state index contributed by atoms with van der Waals surface area (Å²) in [5.74, 6) is 1.43. The molecule has 0 aromatic carbocycles. The molecule has 0 aliphatic carbocycles. The van der Waals surface area contributed by atoms with Crippen LogP contribution in [0.4, 0.5) is 0 Å². The molecule has 0 saturated carbocycles. The highest BCUT2D eigenvalue weighted by atomic mass is 16.5. The SMILES string of the molecule is OCCOCC[C](CCOCCO)C1CCCN1. The van der Waals surface area contributed by atoms with Gasteiger partial charge in [0.05, 0.1) is 26.4 Å². The summed E-state index contributed by atoms with van der Waals surface area (Å²) >= 11 is 0. The highest BCUT2D eigenvalue weighted by molar-refractivity contribution is 5.03. The zero-order valence-electron chi connectivity index (χ0n) is 11.1. The van der Waals surface area contributed by atoms with Crippen LogP contribution in [0.25, 0.3) is 0 Å². The zero-order valence-corrected chi connectivity index (χ0v) is 11.1. The van der Waals surface area contributed by atoms with Crippen molar-refractivity contribution < 1.29 is 19.7 Å². The molecular weight excluding hydrogens is 234 g/mol. The van der Waals surface area contributed by atoms with E-state index in [1.807, 2.05) is 0 Å². The Bertz CT molecular complexity index is 174. The Balaban J connectivity index is 2.18. The van der Waals surface area contributed by atoms with Crippen LogP contribution in [0, 0.1) is 5.92 Å². The summed E-state index contributed by atoms with van der Waals surface area (Å²) in [5.41, 5.74) is 0. The lowest BCUT2D eigenvalue weighted by Gasteiger charge is -2.23. The molecule has 0 aromatic heterocycles. The Morgan fingerprint density at radius 1 is 1.00 bits per heavy atom. The molecule has 1 atom stereocenters. The van der Waals surface area contributed by atoms with Crippen LogP contribution in [-0.2, 0) is 9.47 Å². The van der Waals surface area contributed by atoms with E-state index in [-0.39, 0.29) is 13.2 Å². The van der Waals surface area contributed by atoms with E-state index in [4.69, 9.17) is 19.7 Å². The average molecular weight is 260 g/mol. The molecule has 1 fully saturated rings. The summed E-state index contributed by atoms with van der Waals surface area (Å²) in [7, 11) is 0. The summed E-state index contributed by atoms with van der Waals surface area (Å²) in [6.45, 7) is 3.39. The fourth-order valence-corrected chi connectivity index (χ4v) is 2.25. The first kappa shape index (κ1) is 15.9. The molecule has 0 amide bonds. The van der Waals surface area contributed by atoms with E-state index in [2.05, 4.69) is 5.32 Å². The first-order chi connectivity index (χ1) is 8.88. The average Bonchev–Trinajstić information content (AvgIpc) is 2.91. The van der Waals surface area contributed by atoms with Gasteiger partial charge in [-0.25, -0.2) is 0 Å². The Labute approximate surface area is 109 Å². The monoisotopic (exact) mass is 260 g/mol. The molecule has 107 valence electrons. The molecule has 1 heterocycles. The van der Waals surface area contributed by atoms with E-state index in [1.165, 1.54) is 18.8 Å². The lowest BCUT2D eigenvalue weighted by Crippen LogP contribution is -2.30. The number of hydrogen-bond donors (Lipinski definition) is 3. The molecule has 0 bridgehead atoms. The lowest BCUT2D eigenvalue weighted by molar-refractivity contribution is 0.0803. The van der Waals surface area contributed by atoms with Crippen molar-refractivity contribution in [1.29, 1.82) is 0 Å². The Morgan fingerprint density at radius 2 is 1.61 bits per heavy atom. The quantitative estimate of drug-likeness (QED) is 0.460. The van der Waals surface area contributed by atoms with Gasteiger partial charge in [-0.2, -0.15) is 0 Å². The second kappa shape index (κ2) is 10.7. The van der Waals surface area contributed by atoms with Gasteiger partial charge in [-0.1, -0.05) is 0 Å². The maximum atomic E-state index is 8.66. The molecule has 1 rings (SSSR count). The predicted octanol–water partition coefficient (Wildman–Crippen LogP) is 0.111. The summed E-state index contributed by atoms with van der Waals surface area (Å²) in [6, 6.07) is 0.487. The van der Waals surface area contributed by atoms with Gasteiger partial charge < -0.3 is 25.0 Å². The molecule has 1 aliphatic heterocycles. The fourth-order valence-electron chi connectivity index (χ4n) is 2.25. The molecule has 5 nitrogen and oxygen atoms in total. The minimum absolute atomic E-state index is 0.0800. The van der Waals surface area contributed by atoms with Crippen LogP contribution in [-0.4, -0.2) is 62.4 Å². The Morgan fingerprint density at radius 3 is 2.06 bits per heavy atom. The van der Waals surface area contributed by atoms with Crippen molar-refractivity contribution in [1.82, 2.24) is 5.32 Å². The molecule has 1 unspecified atom stereocenters. The standard InChI is InChI=1S/C13H26NO4/c15-6-10-17-8-3-12(4-9-18-11-7-16)13-2-1-5-14-13/h13-16H,1-11H2. The van der Waals surface area contributed by atoms with E-state index in [1.54, 1.807) is 0 Å². The molecular formula is C13H26NO4. The van der Waals surface area contributed by atoms with Crippen molar-refractivity contribution >= 4 is 0 Å². The van der Waals surface area contributed by atoms with Gasteiger partial charge in [0.1, 0.15) is 0 Å². The lowest BCUT2D eigenvalue weighted by atomic mass is 9.92. The molecule has 0 spiro atoms. The number of hydrogen-bond acceptors (Lipinski definition) is 5. The minimum atomic E-state index is 0.0800. The van der Waals surface area contributed by atoms with Crippen LogP contribution < -0.4 is 5.32 Å². The van der Waals surface area contributed by atoms with Gasteiger partial charge in [0, 0.05) is 19.3 Å². The van der Waals surface area contributed by atoms with Crippen molar-refractivity contribution in [3.63, 3.8) is 0 Å². The second-order valence-electron chi connectivity index (χ2n) is 4.48. The van der Waals surface area contributed by atoms with Gasteiger partial charge in [-0.3, -0.25) is 0 Å². The molecule has 18 heavy (non-hydrogen) atoms. The van der Waals surface area contributed by atoms with Crippen LogP contribution >= 0.6 is 0 Å². The summed E-state index contributed by atoms with van der Waals surface area (Å²) in [6.07, 6.45) is 4.25. The maximum absolute atomic E-state index is 8.66. The molecule has 3 N–H and O–H groups in total. The van der Waals surface area contributed by atoms with Gasteiger partial charge in [-0.15, -0.1) is 0 Å². The topological polar surface area (TPSA) is 71.0 Å². The van der Waals surface area contributed by atoms with Crippen LogP contribution in [0.3, 0.4) is 0 Å². The molecule has 5 heteroatoms. The summed E-state index contributed by atoms with van der Waals surface area (Å²) < 4.78 is 10.6. The Hall–Kier alpha value is -0.200. The maximum Gasteiger partial charge on any atom is 0.0697 e. The third-order valence-corrected chi connectivity index (χ3v) is 3.16. The van der Waals surface area contributed by atoms with Crippen LogP contribution in [0.1, 0.15) is 25.7 Å². The van der Waals surface area contributed by atoms with Crippen molar-refractivity contribution in [2.75, 3.05) is 46.2 Å². The third kappa shape index (κ3) is 6.66. The summed E-state index contributed by atoms with van der Waals surface area (Å²) in [4.78, 5) is 0. The second-order valence-corrected chi connectivity index (χ2v) is 4.48. The van der Waals surface area contributed by atoms with Gasteiger partial charge in [-0.05, 0) is 38.1 Å². The van der Waals surface area contributed by atoms with Crippen molar-refractivity contribution in [2.45, 2.75) is 31.7 Å². The smallest absolute Gasteiger partial charge is 0.0697 e. The van der Waals surface area contributed by atoms with Crippen LogP contribution in [0.2, 0.25) is 0 Å². The van der Waals surface area contributed by atoms with E-state index < -0.39 is 0 Å². The van der Waals surface area contributed by atoms with Gasteiger partial charge in [0.25, 0.3) is 0 Å². The van der Waals surface area contributed by atoms with E-state index in [0.29, 0.717) is 32.5 Å². The number of rotatable bonds is 11. The van der Waals surface area contributed by atoms with Crippen LogP contribution in [0.5, 0.6) is 0 Å². The van der Waals surface area contributed by atoms with Crippen molar-refractivity contribution in [2.24, 2.45) is 0 Å². The first-order valence-electron chi connectivity index (χ1n) is 6.83. The van der Waals surface area contributed by atoms with Crippen molar-refractivity contribution in [3.8, 4) is 0 Å². The third-order valence-electron chi connectivity index (χ3n) is 3.16. The largest absolute Gasteiger partial charge is 0.394 e. The number of ether oxygens (including phenoxy) is 2. The predicted molar refractivity (Wildman–Crippen MR) is 69.3 cm³/mol. The van der Waals surface area contributed by atoms with E-state index in [9.17, 15) is 0 Å². The first-order valence-corrected chi connectivity index (χ1v) is 6.83. The molecule has 1 aliphatic rings. The zero-order chi connectivity index (χ0) is 13.1. The summed E-state index contributed by atoms with van der Waals surface area (Å²) in [5, 5.41) is 20.8. The van der Waals surface area contributed by atoms with Gasteiger partial charge in [0.15, 0.2) is 0 Å². The Kier molecular flexibility index (Phi) is 9.42. The number of aliphatic hydroxyl groups is 2. The minimum Gasteiger partial charge on any atom is -0.394 e. The molecule has 1 radical (unpaired) electrons. The highest BCUT2D eigenvalue weighted by Crippen LogP contribution is 2.23.